The average molecular weight is 532 g/mol. The molecule has 2 saturated carbocycles. The van der Waals surface area contributed by atoms with Gasteiger partial charge in [-0.05, 0) is 107 Å². The molecule has 1 aromatic rings. The van der Waals surface area contributed by atoms with Gasteiger partial charge in [-0.1, -0.05) is 60.2 Å². The van der Waals surface area contributed by atoms with E-state index in [4.69, 9.17) is 16.6 Å². The molecule has 1 heterocycles. The Hall–Kier alpha value is -2.85. The molecule has 1 aromatic heterocycles. The summed E-state index contributed by atoms with van der Waals surface area (Å²) in [6, 6.07) is 4.30. The first-order valence-electron chi connectivity index (χ1n) is 14.2. The van der Waals surface area contributed by atoms with Crippen molar-refractivity contribution in [2.24, 2.45) is 17.8 Å². The van der Waals surface area contributed by atoms with Gasteiger partial charge in [0.2, 0.25) is 5.91 Å². The highest BCUT2D eigenvalue weighted by molar-refractivity contribution is 6.31. The third kappa shape index (κ3) is 7.83. The van der Waals surface area contributed by atoms with Crippen molar-refractivity contribution >= 4 is 35.1 Å². The van der Waals surface area contributed by atoms with Gasteiger partial charge in [0.15, 0.2) is 0 Å². The standard InChI is InChI=1S/C33H42ClN3O/c1-4-11-27(34)14-7-5-6-12-24(3)35-32-19-18-28-30(36-32)15-8-9-16-31(28)37-33(38)17-10-13-25-21-26-20-23(2)29(26)22-25/h4-6,8,11,14-16,18-19,24-26,29H,2,7,9-10,12-13,17,20-22H2,1,3H3,(H,35,36)(H,37,38)/b6-5+,11-4-,27-14?. The Balaban J connectivity index is 1.24. The predicted molar refractivity (Wildman–Crippen MR) is 162 cm³/mol. The van der Waals surface area contributed by atoms with Crippen LogP contribution in [0.4, 0.5) is 5.82 Å². The summed E-state index contributed by atoms with van der Waals surface area (Å²) in [6.45, 7) is 8.29. The summed E-state index contributed by atoms with van der Waals surface area (Å²) in [5.41, 5.74) is 4.17. The zero-order valence-electron chi connectivity index (χ0n) is 22.9. The first-order chi connectivity index (χ1) is 18.4. The van der Waals surface area contributed by atoms with Gasteiger partial charge in [0.05, 0.1) is 5.69 Å². The lowest BCUT2D eigenvalue weighted by Gasteiger charge is -2.33. The fourth-order valence-electron chi connectivity index (χ4n) is 5.91. The molecule has 3 aliphatic carbocycles. The van der Waals surface area contributed by atoms with E-state index >= 15 is 0 Å². The van der Waals surface area contributed by atoms with Crippen LogP contribution >= 0.6 is 11.6 Å². The van der Waals surface area contributed by atoms with Crippen LogP contribution in [-0.4, -0.2) is 16.9 Å². The van der Waals surface area contributed by atoms with Crippen LogP contribution in [0.5, 0.6) is 0 Å². The normalized spacial score (nSPS) is 23.6. The second kappa shape index (κ2) is 13.8. The number of anilines is 1. The highest BCUT2D eigenvalue weighted by Crippen LogP contribution is 2.53. The van der Waals surface area contributed by atoms with Crippen LogP contribution in [0.2, 0.25) is 0 Å². The van der Waals surface area contributed by atoms with E-state index in [1.54, 1.807) is 0 Å². The largest absolute Gasteiger partial charge is 0.367 e. The fraction of sp³-hybridized carbons (Fsp3) is 0.455. The Labute approximate surface area is 233 Å². The summed E-state index contributed by atoms with van der Waals surface area (Å²) < 4.78 is 0. The molecule has 1 amide bonds. The third-order valence-electron chi connectivity index (χ3n) is 7.91. The molecule has 5 heteroatoms. The minimum absolute atomic E-state index is 0.0962. The van der Waals surface area contributed by atoms with Crippen molar-refractivity contribution in [1.82, 2.24) is 10.3 Å². The van der Waals surface area contributed by atoms with E-state index in [1.807, 2.05) is 37.3 Å². The monoisotopic (exact) mass is 531 g/mol. The van der Waals surface area contributed by atoms with Gasteiger partial charge < -0.3 is 10.6 Å². The average Bonchev–Trinajstić information content (AvgIpc) is 3.09. The number of hydrogen-bond acceptors (Lipinski definition) is 3. The molecule has 4 atom stereocenters. The van der Waals surface area contributed by atoms with Crippen molar-refractivity contribution < 1.29 is 4.79 Å². The van der Waals surface area contributed by atoms with Crippen molar-refractivity contribution in [1.29, 1.82) is 0 Å². The molecule has 2 fully saturated rings. The Morgan fingerprint density at radius 2 is 2.16 bits per heavy atom. The Morgan fingerprint density at radius 3 is 2.95 bits per heavy atom. The summed E-state index contributed by atoms with van der Waals surface area (Å²) in [7, 11) is 0. The number of amides is 1. The lowest BCUT2D eigenvalue weighted by Crippen LogP contribution is -2.22. The van der Waals surface area contributed by atoms with E-state index in [-0.39, 0.29) is 11.9 Å². The van der Waals surface area contributed by atoms with E-state index in [0.717, 1.165) is 77.7 Å². The number of pyridine rings is 1. The number of halogens is 1. The maximum atomic E-state index is 12.8. The first kappa shape index (κ1) is 28.2. The van der Waals surface area contributed by atoms with Crippen LogP contribution < -0.4 is 10.6 Å². The summed E-state index contributed by atoms with van der Waals surface area (Å²) in [6.07, 6.45) is 25.3. The number of hydrogen-bond donors (Lipinski definition) is 2. The van der Waals surface area contributed by atoms with Crippen LogP contribution in [0.25, 0.3) is 11.8 Å². The summed E-state index contributed by atoms with van der Waals surface area (Å²) in [5.74, 6) is 3.36. The van der Waals surface area contributed by atoms with Crippen molar-refractivity contribution in [3.8, 4) is 0 Å². The molecule has 202 valence electrons. The second-order valence-electron chi connectivity index (χ2n) is 11.0. The zero-order valence-corrected chi connectivity index (χ0v) is 23.6. The molecular weight excluding hydrogens is 490 g/mol. The molecule has 4 nitrogen and oxygen atoms in total. The molecule has 0 saturated heterocycles. The van der Waals surface area contributed by atoms with E-state index in [2.05, 4.69) is 54.5 Å². The zero-order chi connectivity index (χ0) is 26.9. The van der Waals surface area contributed by atoms with Crippen molar-refractivity contribution in [2.45, 2.75) is 77.7 Å². The minimum Gasteiger partial charge on any atom is -0.367 e. The fourth-order valence-corrected chi connectivity index (χ4v) is 6.13. The van der Waals surface area contributed by atoms with Gasteiger partial charge in [0.1, 0.15) is 5.82 Å². The van der Waals surface area contributed by atoms with Gasteiger partial charge in [-0.15, -0.1) is 0 Å². The smallest absolute Gasteiger partial charge is 0.224 e. The quantitative estimate of drug-likeness (QED) is 0.210. The van der Waals surface area contributed by atoms with Crippen molar-refractivity contribution in [3.05, 3.63) is 83.1 Å². The highest BCUT2D eigenvalue weighted by atomic mass is 35.5. The number of aromatic nitrogens is 1. The van der Waals surface area contributed by atoms with Crippen LogP contribution in [0.1, 0.15) is 82.9 Å². The van der Waals surface area contributed by atoms with Crippen LogP contribution in [0.15, 0.2) is 71.8 Å². The number of carbonyl (C=O) groups is 1. The summed E-state index contributed by atoms with van der Waals surface area (Å²) in [5, 5.41) is 7.43. The number of fused-ring (bicyclic) bond motifs is 2. The third-order valence-corrected chi connectivity index (χ3v) is 8.19. The van der Waals surface area contributed by atoms with Crippen molar-refractivity contribution in [2.75, 3.05) is 5.32 Å². The minimum atomic E-state index is 0.0962. The second-order valence-corrected chi connectivity index (χ2v) is 11.4. The van der Waals surface area contributed by atoms with E-state index in [0.29, 0.717) is 6.42 Å². The molecule has 2 N–H and O–H groups in total. The van der Waals surface area contributed by atoms with Gasteiger partial charge >= 0.3 is 0 Å². The molecule has 4 rings (SSSR count). The molecule has 0 radical (unpaired) electrons. The van der Waals surface area contributed by atoms with Crippen molar-refractivity contribution in [3.63, 3.8) is 0 Å². The van der Waals surface area contributed by atoms with E-state index in [1.165, 1.54) is 24.8 Å². The van der Waals surface area contributed by atoms with Crippen LogP contribution in [0, 0.1) is 17.8 Å². The van der Waals surface area contributed by atoms with Gasteiger partial charge in [-0.25, -0.2) is 4.98 Å². The number of rotatable bonds is 12. The Kier molecular flexibility index (Phi) is 10.2. The molecule has 0 spiro atoms. The lowest BCUT2D eigenvalue weighted by atomic mass is 9.72. The molecule has 0 aromatic carbocycles. The molecule has 4 unspecified atom stereocenters. The lowest BCUT2D eigenvalue weighted by molar-refractivity contribution is -0.120. The number of carbonyl (C=O) groups excluding carboxylic acids is 1. The highest BCUT2D eigenvalue weighted by Gasteiger charge is 2.42. The topological polar surface area (TPSA) is 54.0 Å². The molecule has 3 aliphatic rings. The molecular formula is C33H42ClN3O. The van der Waals surface area contributed by atoms with E-state index < -0.39 is 0 Å². The Bertz CT molecular complexity index is 1160. The first-order valence-corrected chi connectivity index (χ1v) is 14.6. The molecule has 0 bridgehead atoms. The number of nitrogens with one attached hydrogen (secondary N) is 2. The maximum absolute atomic E-state index is 12.8. The summed E-state index contributed by atoms with van der Waals surface area (Å²) in [4.78, 5) is 17.6. The summed E-state index contributed by atoms with van der Waals surface area (Å²) >= 11 is 6.08. The van der Waals surface area contributed by atoms with Gasteiger partial charge in [-0.2, -0.15) is 0 Å². The van der Waals surface area contributed by atoms with Crippen LogP contribution in [-0.2, 0) is 4.79 Å². The molecule has 0 aliphatic heterocycles. The van der Waals surface area contributed by atoms with Gasteiger partial charge in [0, 0.05) is 28.8 Å². The maximum Gasteiger partial charge on any atom is 0.224 e. The molecule has 38 heavy (non-hydrogen) atoms. The number of allylic oxidation sites excluding steroid dienone is 8. The Morgan fingerprint density at radius 1 is 1.29 bits per heavy atom. The predicted octanol–water partition coefficient (Wildman–Crippen LogP) is 8.56. The number of nitrogens with zero attached hydrogens (tertiary/aromatic N) is 1. The van der Waals surface area contributed by atoms with Gasteiger partial charge in [-0.3, -0.25) is 4.79 Å². The van der Waals surface area contributed by atoms with E-state index in [9.17, 15) is 4.79 Å². The SMILES string of the molecule is C=C1CC2CC(CCCC(=O)NC3=CCC=Cc4nc(NC(C)C/C=C/CC=C(Cl)/C=C\C)ccc43)CC12. The van der Waals surface area contributed by atoms with Gasteiger partial charge in [0.25, 0.3) is 0 Å². The van der Waals surface area contributed by atoms with Crippen LogP contribution in [0.3, 0.4) is 0 Å².